The molecule has 346 valence electrons. The highest BCUT2D eigenvalue weighted by Gasteiger charge is 2.46. The number of hydrogen-bond donors (Lipinski definition) is 4. The molecular weight excluding hydrogens is 789 g/mol. The number of rotatable bonds is 37. The maximum Gasteiger partial charge on any atom is 0.310 e. The summed E-state index contributed by atoms with van der Waals surface area (Å²) in [4.78, 5) is 25.3. The second-order valence-corrected chi connectivity index (χ2v) is 17.2. The van der Waals surface area contributed by atoms with Gasteiger partial charge < -0.3 is 34.3 Å². The van der Waals surface area contributed by atoms with E-state index in [1.807, 2.05) is 18.2 Å². The minimum absolute atomic E-state index is 0.0683. The molecule has 1 aliphatic heterocycles. The van der Waals surface area contributed by atoms with Gasteiger partial charge in [0.1, 0.15) is 36.8 Å². The first kappa shape index (κ1) is 55.4. The molecular formula is C47H80O12S. The molecule has 0 aromatic heterocycles. The minimum atomic E-state index is -4.61. The number of carbonyl (C=O) groups is 2. The summed E-state index contributed by atoms with van der Waals surface area (Å²) in [5.41, 5.74) is 0. The van der Waals surface area contributed by atoms with E-state index in [0.29, 0.717) is 12.8 Å². The van der Waals surface area contributed by atoms with Crippen molar-refractivity contribution in [2.24, 2.45) is 0 Å². The van der Waals surface area contributed by atoms with Crippen LogP contribution in [0.25, 0.3) is 0 Å². The number of allylic oxidation sites excluding steroid dienone is 9. The third-order valence-corrected chi connectivity index (χ3v) is 10.9. The van der Waals surface area contributed by atoms with Crippen LogP contribution in [-0.4, -0.2) is 96.0 Å². The molecule has 1 aliphatic rings. The molecule has 0 aliphatic carbocycles. The topological polar surface area (TPSA) is 186 Å². The molecule has 1 heterocycles. The third kappa shape index (κ3) is 31.2. The number of carbonyl (C=O) groups excluding carboxylic acids is 2. The zero-order valence-corrected chi connectivity index (χ0v) is 37.6. The van der Waals surface area contributed by atoms with E-state index in [1.54, 1.807) is 6.08 Å². The summed E-state index contributed by atoms with van der Waals surface area (Å²) in [6.45, 7) is 3.56. The first-order valence-electron chi connectivity index (χ1n) is 22.8. The molecule has 13 heteroatoms. The molecule has 60 heavy (non-hydrogen) atoms. The van der Waals surface area contributed by atoms with E-state index < -0.39 is 71.2 Å². The zero-order valence-electron chi connectivity index (χ0n) is 36.8. The van der Waals surface area contributed by atoms with E-state index in [4.69, 9.17) is 18.9 Å². The largest absolute Gasteiger partial charge is 0.462 e. The van der Waals surface area contributed by atoms with Crippen molar-refractivity contribution in [3.63, 3.8) is 0 Å². The number of unbranched alkanes of at least 4 members (excludes halogenated alkanes) is 16. The highest BCUT2D eigenvalue weighted by Crippen LogP contribution is 2.24. The van der Waals surface area contributed by atoms with Gasteiger partial charge in [-0.05, 0) is 38.5 Å². The fraction of sp³-hybridized carbons (Fsp3) is 0.745. The lowest BCUT2D eigenvalue weighted by Gasteiger charge is -2.40. The predicted octanol–water partition coefficient (Wildman–Crippen LogP) is 9.34. The van der Waals surface area contributed by atoms with Crippen molar-refractivity contribution in [3.05, 3.63) is 60.8 Å². The lowest BCUT2D eigenvalue weighted by molar-refractivity contribution is -0.297. The Balaban J connectivity index is 2.49. The molecule has 0 spiro atoms. The van der Waals surface area contributed by atoms with Gasteiger partial charge >= 0.3 is 11.9 Å². The highest BCUT2D eigenvalue weighted by atomic mass is 32.2. The lowest BCUT2D eigenvalue weighted by Crippen LogP contribution is -2.60. The summed E-state index contributed by atoms with van der Waals surface area (Å²) in [5, 5.41) is 30.9. The van der Waals surface area contributed by atoms with Crippen molar-refractivity contribution in [2.75, 3.05) is 19.0 Å². The van der Waals surface area contributed by atoms with Crippen LogP contribution in [0.5, 0.6) is 0 Å². The van der Waals surface area contributed by atoms with E-state index in [1.165, 1.54) is 83.5 Å². The SMILES string of the molecule is CC/C=C\C/C=C\C/C=C\C/C=C\C/C=C\CC(=O)OC(COC(=O)CCCCCCCCCCCCCCCCCCC)COC1OC(CS(=O)(=O)O)C(O)C(O)C1O. The van der Waals surface area contributed by atoms with Gasteiger partial charge in [-0.2, -0.15) is 8.42 Å². The normalized spacial score (nSPS) is 20.7. The fourth-order valence-electron chi connectivity index (χ4n) is 6.63. The molecule has 0 amide bonds. The molecule has 6 unspecified atom stereocenters. The molecule has 6 atom stereocenters. The van der Waals surface area contributed by atoms with Gasteiger partial charge in [0, 0.05) is 6.42 Å². The second kappa shape index (κ2) is 37.0. The smallest absolute Gasteiger partial charge is 0.310 e. The van der Waals surface area contributed by atoms with Gasteiger partial charge in [0.2, 0.25) is 0 Å². The Hall–Kier alpha value is -2.65. The van der Waals surface area contributed by atoms with Crippen LogP contribution in [0.3, 0.4) is 0 Å². The minimum Gasteiger partial charge on any atom is -0.462 e. The van der Waals surface area contributed by atoms with Gasteiger partial charge in [-0.3, -0.25) is 14.1 Å². The average molecular weight is 869 g/mol. The molecule has 0 bridgehead atoms. The van der Waals surface area contributed by atoms with Crippen molar-refractivity contribution >= 4 is 22.1 Å². The molecule has 0 aromatic rings. The van der Waals surface area contributed by atoms with E-state index in [2.05, 4.69) is 50.3 Å². The molecule has 1 fully saturated rings. The van der Waals surface area contributed by atoms with Crippen molar-refractivity contribution in [1.82, 2.24) is 0 Å². The number of esters is 2. The monoisotopic (exact) mass is 869 g/mol. The van der Waals surface area contributed by atoms with Crippen molar-refractivity contribution in [2.45, 2.75) is 205 Å². The van der Waals surface area contributed by atoms with Crippen molar-refractivity contribution in [3.8, 4) is 0 Å². The maximum atomic E-state index is 12.7. The lowest BCUT2D eigenvalue weighted by atomic mass is 10.00. The van der Waals surface area contributed by atoms with Crippen molar-refractivity contribution < 1.29 is 56.8 Å². The highest BCUT2D eigenvalue weighted by molar-refractivity contribution is 7.85. The second-order valence-electron chi connectivity index (χ2n) is 15.7. The summed E-state index contributed by atoms with van der Waals surface area (Å²) in [7, 11) is -4.61. The summed E-state index contributed by atoms with van der Waals surface area (Å²) in [6, 6.07) is 0. The quantitative estimate of drug-likeness (QED) is 0.0201. The van der Waals surface area contributed by atoms with Gasteiger partial charge in [-0.25, -0.2) is 0 Å². The molecule has 1 saturated heterocycles. The van der Waals surface area contributed by atoms with Gasteiger partial charge in [0.25, 0.3) is 10.1 Å². The van der Waals surface area contributed by atoms with Gasteiger partial charge in [-0.1, -0.05) is 177 Å². The molecule has 0 saturated carbocycles. The maximum absolute atomic E-state index is 12.7. The van der Waals surface area contributed by atoms with Crippen LogP contribution in [0, 0.1) is 0 Å². The standard InChI is InChI=1S/C47H80O12S/c1-3-5-7-9-11-13-15-17-19-20-22-23-25-27-29-31-33-35-42(48)56-37-40(38-57-47-46(52)45(51)44(50)41(59-47)39-60(53,54)55)58-43(49)36-34-32-30-28-26-24-21-18-16-14-12-10-8-6-4-2/h6,8,12,14,18,21,26,28,32,34,40-41,44-47,50-52H,3-5,7,9-11,13,15-17,19-20,22-25,27,29-31,33,35-39H2,1-2H3,(H,53,54,55)/b8-6-,14-12-,21-18-,28-26-,34-32-. The third-order valence-electron chi connectivity index (χ3n) is 10.1. The Morgan fingerprint density at radius 3 is 1.50 bits per heavy atom. The van der Waals surface area contributed by atoms with Gasteiger partial charge in [-0.15, -0.1) is 0 Å². The Morgan fingerprint density at radius 2 is 1.03 bits per heavy atom. The first-order chi connectivity index (χ1) is 29.0. The van der Waals surface area contributed by atoms with Gasteiger partial charge in [0.05, 0.1) is 13.0 Å². The van der Waals surface area contributed by atoms with E-state index in [-0.39, 0.29) is 19.4 Å². The zero-order chi connectivity index (χ0) is 44.1. The summed E-state index contributed by atoms with van der Waals surface area (Å²) < 4.78 is 53.9. The summed E-state index contributed by atoms with van der Waals surface area (Å²) in [6.07, 6.45) is 35.8. The van der Waals surface area contributed by atoms with Crippen LogP contribution in [0.2, 0.25) is 0 Å². The van der Waals surface area contributed by atoms with Gasteiger partial charge in [0.15, 0.2) is 12.4 Å². The molecule has 1 rings (SSSR count). The Morgan fingerprint density at radius 1 is 0.583 bits per heavy atom. The van der Waals surface area contributed by atoms with Crippen LogP contribution in [0.1, 0.15) is 168 Å². The molecule has 0 radical (unpaired) electrons. The van der Waals surface area contributed by atoms with Crippen LogP contribution >= 0.6 is 0 Å². The fourth-order valence-corrected chi connectivity index (χ4v) is 7.33. The van der Waals surface area contributed by atoms with E-state index in [9.17, 15) is 37.9 Å². The Labute approximate surface area is 362 Å². The molecule has 4 N–H and O–H groups in total. The number of aliphatic hydroxyl groups excluding tert-OH is 3. The number of ether oxygens (including phenoxy) is 4. The molecule has 0 aromatic carbocycles. The average Bonchev–Trinajstić information content (AvgIpc) is 3.21. The predicted molar refractivity (Wildman–Crippen MR) is 238 cm³/mol. The van der Waals surface area contributed by atoms with Crippen molar-refractivity contribution in [1.29, 1.82) is 0 Å². The molecule has 12 nitrogen and oxygen atoms in total. The summed E-state index contributed by atoms with van der Waals surface area (Å²) in [5.74, 6) is -2.14. The van der Waals surface area contributed by atoms with Crippen LogP contribution in [0.4, 0.5) is 0 Å². The first-order valence-corrected chi connectivity index (χ1v) is 24.5. The van der Waals surface area contributed by atoms with Crippen LogP contribution < -0.4 is 0 Å². The Bertz CT molecular complexity index is 1340. The van der Waals surface area contributed by atoms with E-state index >= 15 is 0 Å². The number of aliphatic hydroxyl groups is 3. The van der Waals surface area contributed by atoms with Crippen LogP contribution in [0.15, 0.2) is 60.8 Å². The summed E-state index contributed by atoms with van der Waals surface area (Å²) >= 11 is 0. The Kier molecular flexibility index (Phi) is 34.1. The van der Waals surface area contributed by atoms with E-state index in [0.717, 1.165) is 44.9 Å². The number of hydrogen-bond acceptors (Lipinski definition) is 11. The van der Waals surface area contributed by atoms with Crippen LogP contribution in [-0.2, 0) is 38.7 Å².